The first-order valence-electron chi connectivity index (χ1n) is 7.74. The molecule has 6 heteroatoms. The molecule has 1 aromatic rings. The summed E-state index contributed by atoms with van der Waals surface area (Å²) in [6.45, 7) is 1.14. The van der Waals surface area contributed by atoms with Crippen molar-refractivity contribution in [3.63, 3.8) is 0 Å². The maximum Gasteiger partial charge on any atom is 0.252 e. The minimum absolute atomic E-state index is 0.105. The Bertz CT molecular complexity index is 517. The number of nitrogens with one attached hydrogen (secondary N) is 2. The van der Waals surface area contributed by atoms with E-state index in [0.29, 0.717) is 19.1 Å². The van der Waals surface area contributed by atoms with Crippen molar-refractivity contribution in [2.24, 2.45) is 0 Å². The first-order chi connectivity index (χ1) is 10.6. The molecule has 1 aromatic carbocycles. The van der Waals surface area contributed by atoms with Crippen LogP contribution in [0, 0.1) is 11.6 Å². The van der Waals surface area contributed by atoms with Crippen molar-refractivity contribution in [1.82, 2.24) is 10.6 Å². The summed E-state index contributed by atoms with van der Waals surface area (Å²) in [6, 6.07) is 2.40. The van der Waals surface area contributed by atoms with Gasteiger partial charge in [-0.25, -0.2) is 8.78 Å². The largest absolute Gasteiger partial charge is 0.351 e. The Morgan fingerprint density at radius 2 is 1.73 bits per heavy atom. The van der Waals surface area contributed by atoms with Crippen LogP contribution in [-0.4, -0.2) is 25.0 Å². The Labute approximate surface area is 138 Å². The van der Waals surface area contributed by atoms with E-state index in [-0.39, 0.29) is 10.0 Å². The average molecular weight is 375 g/mol. The molecule has 2 N–H and O–H groups in total. The minimum Gasteiger partial charge on any atom is -0.351 e. The van der Waals surface area contributed by atoms with Gasteiger partial charge in [0.2, 0.25) is 0 Å². The normalized spacial score (nSPS) is 16.3. The summed E-state index contributed by atoms with van der Waals surface area (Å²) in [4.78, 5) is 12.0. The average Bonchev–Trinajstić information content (AvgIpc) is 2.76. The quantitative estimate of drug-likeness (QED) is 0.467. The Balaban J connectivity index is 1.77. The highest BCUT2D eigenvalue weighted by molar-refractivity contribution is 9.10. The second-order valence-corrected chi connectivity index (χ2v) is 6.50. The molecular formula is C16H21BrF2N2O. The molecule has 0 saturated heterocycles. The van der Waals surface area contributed by atoms with E-state index in [0.717, 1.165) is 12.1 Å². The molecule has 22 heavy (non-hydrogen) atoms. The molecule has 122 valence electrons. The fraction of sp³-hybridized carbons (Fsp3) is 0.562. The molecule has 0 spiro atoms. The SMILES string of the molecule is O=C(NCCNC1CCCCCC1)c1cc(F)c(F)cc1Br. The third-order valence-corrected chi connectivity index (χ3v) is 4.61. The van der Waals surface area contributed by atoms with Gasteiger partial charge >= 0.3 is 0 Å². The molecule has 0 atom stereocenters. The molecule has 0 aliphatic heterocycles. The Kier molecular flexibility index (Phi) is 6.76. The van der Waals surface area contributed by atoms with Crippen LogP contribution in [0.3, 0.4) is 0 Å². The molecule has 1 amide bonds. The predicted octanol–water partition coefficient (Wildman–Crippen LogP) is 3.77. The Morgan fingerprint density at radius 3 is 2.41 bits per heavy atom. The number of carbonyl (C=O) groups is 1. The molecule has 0 radical (unpaired) electrons. The van der Waals surface area contributed by atoms with E-state index in [9.17, 15) is 13.6 Å². The molecule has 1 fully saturated rings. The molecule has 3 nitrogen and oxygen atoms in total. The van der Waals surface area contributed by atoms with E-state index >= 15 is 0 Å². The van der Waals surface area contributed by atoms with Gasteiger partial charge in [0.15, 0.2) is 11.6 Å². The maximum absolute atomic E-state index is 13.2. The lowest BCUT2D eigenvalue weighted by Gasteiger charge is -2.16. The third kappa shape index (κ3) is 5.02. The fourth-order valence-electron chi connectivity index (χ4n) is 2.73. The lowest BCUT2D eigenvalue weighted by atomic mass is 10.1. The Morgan fingerprint density at radius 1 is 1.09 bits per heavy atom. The zero-order chi connectivity index (χ0) is 15.9. The predicted molar refractivity (Wildman–Crippen MR) is 85.9 cm³/mol. The summed E-state index contributed by atoms with van der Waals surface area (Å²) < 4.78 is 26.5. The number of halogens is 3. The topological polar surface area (TPSA) is 41.1 Å². The number of hydrogen-bond donors (Lipinski definition) is 2. The smallest absolute Gasteiger partial charge is 0.252 e. The van der Waals surface area contributed by atoms with Gasteiger partial charge in [0, 0.05) is 23.6 Å². The highest BCUT2D eigenvalue weighted by atomic mass is 79.9. The van der Waals surface area contributed by atoms with Crippen LogP contribution in [0.25, 0.3) is 0 Å². The fourth-order valence-corrected chi connectivity index (χ4v) is 3.22. The van der Waals surface area contributed by atoms with Gasteiger partial charge in [0.05, 0.1) is 5.56 Å². The van der Waals surface area contributed by atoms with Crippen molar-refractivity contribution >= 4 is 21.8 Å². The summed E-state index contributed by atoms with van der Waals surface area (Å²) in [6.07, 6.45) is 7.49. The van der Waals surface area contributed by atoms with Gasteiger partial charge in [-0.15, -0.1) is 0 Å². The molecular weight excluding hydrogens is 354 g/mol. The molecule has 0 bridgehead atoms. The van der Waals surface area contributed by atoms with Crippen molar-refractivity contribution in [3.05, 3.63) is 33.8 Å². The zero-order valence-electron chi connectivity index (χ0n) is 12.4. The second-order valence-electron chi connectivity index (χ2n) is 5.64. The van der Waals surface area contributed by atoms with E-state index in [1.54, 1.807) is 0 Å². The summed E-state index contributed by atoms with van der Waals surface area (Å²) in [7, 11) is 0. The van der Waals surface area contributed by atoms with Gasteiger partial charge in [-0.05, 0) is 40.9 Å². The maximum atomic E-state index is 13.2. The number of carbonyl (C=O) groups excluding carboxylic acids is 1. The summed E-state index contributed by atoms with van der Waals surface area (Å²) >= 11 is 3.08. The van der Waals surface area contributed by atoms with Crippen LogP contribution >= 0.6 is 15.9 Å². The van der Waals surface area contributed by atoms with Crippen LogP contribution in [0.4, 0.5) is 8.78 Å². The van der Waals surface area contributed by atoms with Crippen molar-refractivity contribution in [1.29, 1.82) is 0 Å². The summed E-state index contributed by atoms with van der Waals surface area (Å²) in [5.74, 6) is -2.41. The van der Waals surface area contributed by atoms with Gasteiger partial charge < -0.3 is 10.6 Å². The first-order valence-corrected chi connectivity index (χ1v) is 8.53. The highest BCUT2D eigenvalue weighted by Gasteiger charge is 2.15. The Hall–Kier alpha value is -1.01. The van der Waals surface area contributed by atoms with Crippen molar-refractivity contribution in [3.8, 4) is 0 Å². The van der Waals surface area contributed by atoms with E-state index in [1.807, 2.05) is 0 Å². The molecule has 0 unspecified atom stereocenters. The molecule has 0 heterocycles. The molecule has 1 saturated carbocycles. The van der Waals surface area contributed by atoms with Crippen LogP contribution < -0.4 is 10.6 Å². The lowest BCUT2D eigenvalue weighted by Crippen LogP contribution is -2.37. The van der Waals surface area contributed by atoms with Gasteiger partial charge in [-0.2, -0.15) is 0 Å². The standard InChI is InChI=1S/C16H21BrF2N2O/c17-13-10-15(19)14(18)9-12(13)16(22)21-8-7-20-11-5-3-1-2-4-6-11/h9-11,20H,1-8H2,(H,21,22). The summed E-state index contributed by atoms with van der Waals surface area (Å²) in [5, 5.41) is 6.16. The van der Waals surface area contributed by atoms with Crippen LogP contribution in [0.2, 0.25) is 0 Å². The van der Waals surface area contributed by atoms with E-state index in [2.05, 4.69) is 26.6 Å². The van der Waals surface area contributed by atoms with Crippen molar-refractivity contribution < 1.29 is 13.6 Å². The third-order valence-electron chi connectivity index (χ3n) is 3.95. The monoisotopic (exact) mass is 374 g/mol. The molecule has 0 aromatic heterocycles. The lowest BCUT2D eigenvalue weighted by molar-refractivity contribution is 0.0952. The van der Waals surface area contributed by atoms with Gasteiger partial charge in [0.1, 0.15) is 0 Å². The summed E-state index contributed by atoms with van der Waals surface area (Å²) in [5.41, 5.74) is 0.105. The first kappa shape index (κ1) is 17.3. The van der Waals surface area contributed by atoms with Crippen LogP contribution in [0.15, 0.2) is 16.6 Å². The number of hydrogen-bond acceptors (Lipinski definition) is 2. The van der Waals surface area contributed by atoms with E-state index in [1.165, 1.54) is 38.5 Å². The number of rotatable bonds is 5. The van der Waals surface area contributed by atoms with Crippen molar-refractivity contribution in [2.75, 3.05) is 13.1 Å². The number of benzene rings is 1. The van der Waals surface area contributed by atoms with Crippen molar-refractivity contribution in [2.45, 2.75) is 44.6 Å². The van der Waals surface area contributed by atoms with E-state index < -0.39 is 17.5 Å². The molecule has 2 rings (SSSR count). The van der Waals surface area contributed by atoms with Gasteiger partial charge in [-0.1, -0.05) is 25.7 Å². The van der Waals surface area contributed by atoms with Crippen LogP contribution in [0.5, 0.6) is 0 Å². The second kappa shape index (κ2) is 8.58. The van der Waals surface area contributed by atoms with Crippen LogP contribution in [0.1, 0.15) is 48.9 Å². The molecule has 1 aliphatic rings. The van der Waals surface area contributed by atoms with Gasteiger partial charge in [-0.3, -0.25) is 4.79 Å². The highest BCUT2D eigenvalue weighted by Crippen LogP contribution is 2.20. The number of amides is 1. The van der Waals surface area contributed by atoms with E-state index in [4.69, 9.17) is 0 Å². The zero-order valence-corrected chi connectivity index (χ0v) is 14.0. The molecule has 1 aliphatic carbocycles. The van der Waals surface area contributed by atoms with Crippen LogP contribution in [-0.2, 0) is 0 Å². The van der Waals surface area contributed by atoms with Gasteiger partial charge in [0.25, 0.3) is 5.91 Å². The minimum atomic E-state index is -1.02.